The summed E-state index contributed by atoms with van der Waals surface area (Å²) in [5.41, 5.74) is 1.18. The van der Waals surface area contributed by atoms with Crippen LogP contribution in [-0.4, -0.2) is 27.1 Å². The summed E-state index contributed by atoms with van der Waals surface area (Å²) in [6.07, 6.45) is 1.81. The topological polar surface area (TPSA) is 124 Å². The Morgan fingerprint density at radius 1 is 0.947 bits per heavy atom. The number of nitrogens with one attached hydrogen (secondary N) is 2. The zero-order valence-corrected chi connectivity index (χ0v) is 20.7. The van der Waals surface area contributed by atoms with Crippen molar-refractivity contribution < 1.29 is 19.2 Å². The monoisotopic (exact) mass is 510 g/mol. The molecule has 0 aliphatic rings. The molecule has 5 rings (SSSR count). The second kappa shape index (κ2) is 10.6. The van der Waals surface area contributed by atoms with E-state index < -0.39 is 35.1 Å². The number of fused-ring (bicyclic) bond motifs is 1. The molecule has 2 aromatic heterocycles. The number of rotatable bonds is 8. The average Bonchev–Trinajstić information content (AvgIpc) is 3.26. The number of nitrogens with zero attached hydrogens (tertiary/aromatic N) is 2. The molecule has 0 aliphatic carbocycles. The molecular formula is C29H26N4O5. The maximum absolute atomic E-state index is 13.7. The fourth-order valence-corrected chi connectivity index (χ4v) is 4.89. The van der Waals surface area contributed by atoms with Crippen molar-refractivity contribution in [2.75, 3.05) is 6.61 Å². The van der Waals surface area contributed by atoms with E-state index in [0.29, 0.717) is 12.1 Å². The predicted octanol–water partition coefficient (Wildman–Crippen LogP) is 2.36. The van der Waals surface area contributed by atoms with E-state index in [1.807, 2.05) is 59.2 Å². The van der Waals surface area contributed by atoms with E-state index >= 15 is 0 Å². The van der Waals surface area contributed by atoms with Gasteiger partial charge in [-0.05, 0) is 36.1 Å². The van der Waals surface area contributed by atoms with Crippen LogP contribution in [0.3, 0.4) is 0 Å². The first kappa shape index (κ1) is 24.8. The predicted molar refractivity (Wildman–Crippen MR) is 139 cm³/mol. The van der Waals surface area contributed by atoms with Gasteiger partial charge in [0.2, 0.25) is 12.4 Å². The smallest absolute Gasteiger partial charge is 0.352 e. The zero-order valence-electron chi connectivity index (χ0n) is 20.7. The molecular weight excluding hydrogens is 484 g/mol. The summed E-state index contributed by atoms with van der Waals surface area (Å²) in [6.45, 7) is 2.33. The SMILES string of the molecule is CCOC(=O)C(C(c1ccccc1)c1c([O-])[nH]c(=O)[nH]c1=O)n1c[n+](Cc2ccccc2)c2ccccc21. The Balaban J connectivity index is 1.78. The number of ether oxygens (including phenoxy) is 1. The summed E-state index contributed by atoms with van der Waals surface area (Å²) in [5, 5.41) is 13.1. The minimum Gasteiger partial charge on any atom is -0.860 e. The molecule has 0 amide bonds. The highest BCUT2D eigenvalue weighted by atomic mass is 16.5. The molecule has 38 heavy (non-hydrogen) atoms. The third-order valence-corrected chi connectivity index (χ3v) is 6.49. The van der Waals surface area contributed by atoms with Gasteiger partial charge in [-0.3, -0.25) is 9.78 Å². The quantitative estimate of drug-likeness (QED) is 0.245. The van der Waals surface area contributed by atoms with E-state index in [1.54, 1.807) is 48.1 Å². The van der Waals surface area contributed by atoms with Crippen molar-refractivity contribution in [2.24, 2.45) is 0 Å². The minimum absolute atomic E-state index is 0.103. The van der Waals surface area contributed by atoms with Crippen LogP contribution in [0.15, 0.2) is 101 Å². The lowest BCUT2D eigenvalue weighted by Crippen LogP contribution is -2.37. The van der Waals surface area contributed by atoms with Gasteiger partial charge >= 0.3 is 11.7 Å². The number of aromatic amines is 2. The van der Waals surface area contributed by atoms with Gasteiger partial charge in [-0.15, -0.1) is 0 Å². The summed E-state index contributed by atoms with van der Waals surface area (Å²) in [4.78, 5) is 42.9. The molecule has 0 saturated carbocycles. The summed E-state index contributed by atoms with van der Waals surface area (Å²) >= 11 is 0. The summed E-state index contributed by atoms with van der Waals surface area (Å²) < 4.78 is 9.26. The van der Waals surface area contributed by atoms with Gasteiger partial charge in [-0.1, -0.05) is 72.8 Å². The van der Waals surface area contributed by atoms with Crippen LogP contribution in [-0.2, 0) is 16.1 Å². The van der Waals surface area contributed by atoms with Crippen molar-refractivity contribution in [2.45, 2.75) is 25.4 Å². The molecule has 0 radical (unpaired) electrons. The number of carbonyl (C=O) groups excluding carboxylic acids is 1. The third-order valence-electron chi connectivity index (χ3n) is 6.49. The number of para-hydroxylation sites is 2. The Kier molecular flexibility index (Phi) is 6.90. The molecule has 2 atom stereocenters. The third kappa shape index (κ3) is 4.73. The second-order valence-electron chi connectivity index (χ2n) is 8.86. The maximum atomic E-state index is 13.7. The van der Waals surface area contributed by atoms with Crippen molar-refractivity contribution in [3.8, 4) is 5.88 Å². The Bertz CT molecular complexity index is 1690. The molecule has 2 unspecified atom stereocenters. The molecule has 9 heteroatoms. The number of benzene rings is 3. The second-order valence-corrected chi connectivity index (χ2v) is 8.86. The number of aromatic nitrogens is 4. The summed E-state index contributed by atoms with van der Waals surface area (Å²) in [6, 6.07) is 25.2. The van der Waals surface area contributed by atoms with Crippen LogP contribution in [0.1, 0.15) is 35.6 Å². The molecule has 192 valence electrons. The van der Waals surface area contributed by atoms with E-state index in [2.05, 4.69) is 9.97 Å². The molecule has 0 saturated heterocycles. The first-order valence-electron chi connectivity index (χ1n) is 12.3. The fraction of sp³-hybridized carbons (Fsp3) is 0.172. The van der Waals surface area contributed by atoms with Crippen molar-refractivity contribution in [3.05, 3.63) is 129 Å². The van der Waals surface area contributed by atoms with Gasteiger partial charge in [0, 0.05) is 5.56 Å². The number of carbonyl (C=O) groups is 1. The van der Waals surface area contributed by atoms with Gasteiger partial charge in [-0.2, -0.15) is 0 Å². The lowest BCUT2D eigenvalue weighted by Gasteiger charge is -2.26. The van der Waals surface area contributed by atoms with E-state index in [-0.39, 0.29) is 12.2 Å². The van der Waals surface area contributed by atoms with Crippen molar-refractivity contribution in [1.29, 1.82) is 0 Å². The lowest BCUT2D eigenvalue weighted by atomic mass is 9.85. The normalized spacial score (nSPS) is 12.8. The minimum atomic E-state index is -1.13. The average molecular weight is 511 g/mol. The molecule has 5 aromatic rings. The van der Waals surface area contributed by atoms with Crippen LogP contribution in [0.5, 0.6) is 5.88 Å². The van der Waals surface area contributed by atoms with E-state index in [1.165, 1.54) is 0 Å². The van der Waals surface area contributed by atoms with Crippen LogP contribution >= 0.6 is 0 Å². The Morgan fingerprint density at radius 2 is 1.61 bits per heavy atom. The molecule has 0 spiro atoms. The largest absolute Gasteiger partial charge is 0.860 e. The standard InChI is InChI=1S/C29H26N4O5/c1-2-38-28(36)25(23(20-13-7-4-8-14-20)24-26(34)30-29(37)31-27(24)35)33-18-32(17-19-11-5-3-6-12-19)21-15-9-10-16-22(21)33/h3-16,18,23,25H,2,17H2,1H3,(H2-,30,31,34,35,37). The molecule has 2 heterocycles. The molecule has 0 bridgehead atoms. The zero-order chi connectivity index (χ0) is 26.6. The van der Waals surface area contributed by atoms with Crippen LogP contribution in [0.4, 0.5) is 0 Å². The molecule has 0 fully saturated rings. The highest BCUT2D eigenvalue weighted by Gasteiger charge is 2.41. The van der Waals surface area contributed by atoms with Crippen molar-refractivity contribution in [3.63, 3.8) is 0 Å². The fourth-order valence-electron chi connectivity index (χ4n) is 4.89. The maximum Gasteiger partial charge on any atom is 0.352 e. The number of hydrogen-bond donors (Lipinski definition) is 2. The van der Waals surface area contributed by atoms with Gasteiger partial charge in [-0.25, -0.2) is 18.7 Å². The number of esters is 1. The van der Waals surface area contributed by atoms with Gasteiger partial charge in [0.05, 0.1) is 12.5 Å². The first-order chi connectivity index (χ1) is 18.5. The highest BCUT2D eigenvalue weighted by molar-refractivity contribution is 5.81. The van der Waals surface area contributed by atoms with Gasteiger partial charge in [0.15, 0.2) is 11.0 Å². The highest BCUT2D eigenvalue weighted by Crippen LogP contribution is 2.38. The van der Waals surface area contributed by atoms with Gasteiger partial charge in [0.1, 0.15) is 6.54 Å². The summed E-state index contributed by atoms with van der Waals surface area (Å²) in [5.74, 6) is -2.51. The van der Waals surface area contributed by atoms with E-state index in [0.717, 1.165) is 16.6 Å². The summed E-state index contributed by atoms with van der Waals surface area (Å²) in [7, 11) is 0. The van der Waals surface area contributed by atoms with E-state index in [9.17, 15) is 19.5 Å². The van der Waals surface area contributed by atoms with Crippen LogP contribution < -0.4 is 20.9 Å². The molecule has 9 nitrogen and oxygen atoms in total. The van der Waals surface area contributed by atoms with Crippen LogP contribution in [0, 0.1) is 0 Å². The Labute approximate surface area is 217 Å². The molecule has 3 aromatic carbocycles. The Morgan fingerprint density at radius 3 is 2.29 bits per heavy atom. The van der Waals surface area contributed by atoms with Crippen molar-refractivity contribution >= 4 is 17.0 Å². The Hall–Kier alpha value is -4.92. The van der Waals surface area contributed by atoms with Crippen molar-refractivity contribution in [1.82, 2.24) is 14.5 Å². The number of hydrogen-bond acceptors (Lipinski definition) is 5. The first-order valence-corrected chi connectivity index (χ1v) is 12.3. The lowest BCUT2D eigenvalue weighted by molar-refractivity contribution is -0.663. The van der Waals surface area contributed by atoms with Gasteiger partial charge < -0.3 is 14.8 Å². The molecule has 2 N–H and O–H groups in total. The number of imidazole rings is 1. The van der Waals surface area contributed by atoms with Crippen LogP contribution in [0.25, 0.3) is 11.0 Å². The van der Waals surface area contributed by atoms with E-state index in [4.69, 9.17) is 4.74 Å². The molecule has 0 aliphatic heterocycles. The van der Waals surface area contributed by atoms with Gasteiger partial charge in [0.25, 0.3) is 5.56 Å². The number of H-pyrrole nitrogens is 2. The van der Waals surface area contributed by atoms with Crippen LogP contribution in [0.2, 0.25) is 0 Å².